The molecule has 1 aliphatic heterocycles. The Bertz CT molecular complexity index is 638. The zero-order valence-corrected chi connectivity index (χ0v) is 11.8. The van der Waals surface area contributed by atoms with E-state index in [4.69, 9.17) is 5.73 Å². The molecule has 1 aliphatic rings. The summed E-state index contributed by atoms with van der Waals surface area (Å²) in [6.45, 7) is 4.17. The highest BCUT2D eigenvalue weighted by Crippen LogP contribution is 2.26. The fourth-order valence-corrected chi connectivity index (χ4v) is 3.67. The van der Waals surface area contributed by atoms with Gasteiger partial charge in [-0.15, -0.1) is 0 Å². The van der Waals surface area contributed by atoms with Crippen molar-refractivity contribution < 1.29 is 12.8 Å². The van der Waals surface area contributed by atoms with Gasteiger partial charge in [-0.2, -0.15) is 4.31 Å². The molecule has 0 spiro atoms. The molecule has 0 radical (unpaired) electrons. The lowest BCUT2D eigenvalue weighted by atomic mass is 10.2. The Morgan fingerprint density at radius 2 is 2.00 bits per heavy atom. The zero-order chi connectivity index (χ0) is 14.2. The van der Waals surface area contributed by atoms with Crippen molar-refractivity contribution in [2.24, 2.45) is 0 Å². The first-order chi connectivity index (χ1) is 8.82. The number of hydrogen-bond acceptors (Lipinski definition) is 3. The van der Waals surface area contributed by atoms with Crippen LogP contribution in [0.4, 0.5) is 10.1 Å². The molecule has 1 heterocycles. The van der Waals surface area contributed by atoms with Gasteiger partial charge in [-0.1, -0.05) is 11.6 Å². The molecule has 2 N–H and O–H groups in total. The third kappa shape index (κ3) is 2.64. The Labute approximate surface area is 112 Å². The van der Waals surface area contributed by atoms with Crippen LogP contribution in [0.2, 0.25) is 0 Å². The van der Waals surface area contributed by atoms with Crippen LogP contribution in [0.15, 0.2) is 28.7 Å². The van der Waals surface area contributed by atoms with E-state index in [9.17, 15) is 12.8 Å². The van der Waals surface area contributed by atoms with Crippen LogP contribution in [0, 0.1) is 12.7 Å². The van der Waals surface area contributed by atoms with E-state index in [0.29, 0.717) is 25.1 Å². The van der Waals surface area contributed by atoms with Crippen LogP contribution in [0.1, 0.15) is 18.9 Å². The first-order valence-electron chi connectivity index (χ1n) is 6.04. The van der Waals surface area contributed by atoms with E-state index in [1.165, 1.54) is 10.4 Å². The number of aryl methyl sites for hydroxylation is 1. The summed E-state index contributed by atoms with van der Waals surface area (Å²) in [4.78, 5) is -0.342. The van der Waals surface area contributed by atoms with Gasteiger partial charge in [0, 0.05) is 18.8 Å². The third-order valence-corrected chi connectivity index (χ3v) is 5.10. The summed E-state index contributed by atoms with van der Waals surface area (Å²) in [5.41, 5.74) is 7.47. The minimum absolute atomic E-state index is 0.282. The van der Waals surface area contributed by atoms with E-state index in [1.807, 2.05) is 13.0 Å². The van der Waals surface area contributed by atoms with Gasteiger partial charge in [0.05, 0.1) is 0 Å². The molecule has 0 saturated heterocycles. The maximum Gasteiger partial charge on any atom is 0.246 e. The molecule has 0 atom stereocenters. The minimum Gasteiger partial charge on any atom is -0.398 e. The van der Waals surface area contributed by atoms with E-state index in [2.05, 4.69) is 0 Å². The number of hydrogen-bond donors (Lipinski definition) is 1. The van der Waals surface area contributed by atoms with Crippen molar-refractivity contribution in [2.75, 3.05) is 18.8 Å². The highest BCUT2D eigenvalue weighted by Gasteiger charge is 2.29. The second-order valence-corrected chi connectivity index (χ2v) is 6.72. The summed E-state index contributed by atoms with van der Waals surface area (Å²) in [5, 5.41) is 0. The van der Waals surface area contributed by atoms with Crippen molar-refractivity contribution in [1.29, 1.82) is 0 Å². The van der Waals surface area contributed by atoms with Gasteiger partial charge in [-0.25, -0.2) is 12.8 Å². The monoisotopic (exact) mass is 284 g/mol. The smallest absolute Gasteiger partial charge is 0.246 e. The Hall–Kier alpha value is -1.40. The predicted molar refractivity (Wildman–Crippen MR) is 72.7 cm³/mol. The maximum atomic E-state index is 13.9. The van der Waals surface area contributed by atoms with Crippen LogP contribution in [0.25, 0.3) is 0 Å². The largest absolute Gasteiger partial charge is 0.398 e. The number of benzene rings is 1. The molecule has 0 aliphatic carbocycles. The maximum absolute atomic E-state index is 13.9. The molecule has 4 nitrogen and oxygen atoms in total. The predicted octanol–water partition coefficient (Wildman–Crippen LogP) is 2.06. The van der Waals surface area contributed by atoms with Crippen molar-refractivity contribution in [3.8, 4) is 0 Å². The van der Waals surface area contributed by atoms with E-state index in [1.54, 1.807) is 6.92 Å². The van der Waals surface area contributed by atoms with Gasteiger partial charge in [0.25, 0.3) is 0 Å². The molecule has 104 valence electrons. The number of halogens is 1. The van der Waals surface area contributed by atoms with Gasteiger partial charge in [-0.3, -0.25) is 0 Å². The topological polar surface area (TPSA) is 63.4 Å². The van der Waals surface area contributed by atoms with Crippen LogP contribution in [-0.2, 0) is 10.0 Å². The molecule has 19 heavy (non-hydrogen) atoms. The Morgan fingerprint density at radius 3 is 2.63 bits per heavy atom. The van der Waals surface area contributed by atoms with Crippen LogP contribution in [-0.4, -0.2) is 25.8 Å². The van der Waals surface area contributed by atoms with Gasteiger partial charge in [0.2, 0.25) is 10.0 Å². The van der Waals surface area contributed by atoms with Crippen molar-refractivity contribution >= 4 is 15.7 Å². The lowest BCUT2D eigenvalue weighted by Crippen LogP contribution is -2.35. The lowest BCUT2D eigenvalue weighted by molar-refractivity contribution is 0.423. The quantitative estimate of drug-likeness (QED) is 0.668. The number of nitrogens with zero attached hydrogens (tertiary/aromatic N) is 1. The standard InChI is InChI=1S/C13H17FN2O2S/c1-9-4-3-5-16(8-9)19(17,18)13-7-12(15)10(2)6-11(13)14/h4,6-7H,3,5,8,15H2,1-2H3. The van der Waals surface area contributed by atoms with Crippen molar-refractivity contribution in [3.05, 3.63) is 35.2 Å². The molecule has 2 rings (SSSR count). The highest BCUT2D eigenvalue weighted by molar-refractivity contribution is 7.89. The van der Waals surface area contributed by atoms with E-state index < -0.39 is 15.8 Å². The SMILES string of the molecule is CC1=CCCN(S(=O)(=O)c2cc(N)c(C)cc2F)C1. The molecule has 1 aromatic rings. The second kappa shape index (κ2) is 4.94. The molecule has 6 heteroatoms. The normalized spacial score (nSPS) is 17.3. The summed E-state index contributed by atoms with van der Waals surface area (Å²) < 4.78 is 40.0. The van der Waals surface area contributed by atoms with Crippen molar-refractivity contribution in [3.63, 3.8) is 0 Å². The van der Waals surface area contributed by atoms with Gasteiger partial charge in [0.1, 0.15) is 10.7 Å². The van der Waals surface area contributed by atoms with Crippen molar-refractivity contribution in [1.82, 2.24) is 4.31 Å². The molecule has 0 saturated carbocycles. The van der Waals surface area contributed by atoms with Crippen LogP contribution >= 0.6 is 0 Å². The minimum atomic E-state index is -3.83. The number of anilines is 1. The Balaban J connectivity index is 2.45. The first kappa shape index (κ1) is 14.0. The summed E-state index contributed by atoms with van der Waals surface area (Å²) in [6.07, 6.45) is 2.64. The zero-order valence-electron chi connectivity index (χ0n) is 11.0. The summed E-state index contributed by atoms with van der Waals surface area (Å²) in [6, 6.07) is 2.36. The van der Waals surface area contributed by atoms with Crippen molar-refractivity contribution in [2.45, 2.75) is 25.2 Å². The molecular weight excluding hydrogens is 267 g/mol. The van der Waals surface area contributed by atoms with E-state index >= 15 is 0 Å². The van der Waals surface area contributed by atoms with Gasteiger partial charge >= 0.3 is 0 Å². The van der Waals surface area contributed by atoms with Crippen LogP contribution in [0.3, 0.4) is 0 Å². The number of sulfonamides is 1. The van der Waals surface area contributed by atoms with E-state index in [0.717, 1.165) is 11.6 Å². The lowest BCUT2D eigenvalue weighted by Gasteiger charge is -2.25. The van der Waals surface area contributed by atoms with Gasteiger partial charge < -0.3 is 5.73 Å². The van der Waals surface area contributed by atoms with Crippen LogP contribution in [0.5, 0.6) is 0 Å². The van der Waals surface area contributed by atoms with Gasteiger partial charge in [0.15, 0.2) is 0 Å². The molecule has 0 bridgehead atoms. The molecule has 0 fully saturated rings. The first-order valence-corrected chi connectivity index (χ1v) is 7.48. The molecule has 1 aromatic carbocycles. The summed E-state index contributed by atoms with van der Waals surface area (Å²) in [7, 11) is -3.83. The number of rotatable bonds is 2. The molecule has 0 amide bonds. The van der Waals surface area contributed by atoms with E-state index in [-0.39, 0.29) is 10.6 Å². The average Bonchev–Trinajstić information content (AvgIpc) is 2.33. The highest BCUT2D eigenvalue weighted by atomic mass is 32.2. The second-order valence-electron chi connectivity index (χ2n) is 4.82. The Morgan fingerprint density at radius 1 is 1.32 bits per heavy atom. The molecule has 0 aromatic heterocycles. The summed E-state index contributed by atoms with van der Waals surface area (Å²) >= 11 is 0. The Kier molecular flexibility index (Phi) is 3.64. The third-order valence-electron chi connectivity index (χ3n) is 3.24. The molecular formula is C13H17FN2O2S. The fourth-order valence-electron chi connectivity index (χ4n) is 2.09. The molecule has 0 unspecified atom stereocenters. The summed E-state index contributed by atoms with van der Waals surface area (Å²) in [5.74, 6) is -0.751. The number of nitrogens with two attached hydrogens (primary N) is 1. The fraction of sp³-hybridized carbons (Fsp3) is 0.385. The van der Waals surface area contributed by atoms with Crippen LogP contribution < -0.4 is 5.73 Å². The van der Waals surface area contributed by atoms with Gasteiger partial charge in [-0.05, 0) is 38.0 Å². The number of nitrogen functional groups attached to an aromatic ring is 1. The average molecular weight is 284 g/mol.